The third-order valence-electron chi connectivity index (χ3n) is 8.29. The highest BCUT2D eigenvalue weighted by atomic mass is 19.4. The minimum atomic E-state index is -5.08. The van der Waals surface area contributed by atoms with Gasteiger partial charge in [0.05, 0.1) is 23.7 Å². The zero-order chi connectivity index (χ0) is 34.2. The van der Waals surface area contributed by atoms with Crippen LogP contribution in [0, 0.1) is 5.41 Å². The number of halogens is 9. The van der Waals surface area contributed by atoms with Gasteiger partial charge >= 0.3 is 18.5 Å². The standard InChI is InChI=1S/C30H36F9N7/c1-6-25(44(4)18-27(2)9-10-43(3)17-27)24-8-7-21(28(31,32)33)13-20(24)16-46(26-40-42-45(5)41-26)15-19-11-22(29(34,35)36)14-23(12-19)30(37,38)39/h7-8,11-14,25H,6,9-10,15-18H2,1-5H3. The van der Waals surface area contributed by atoms with Gasteiger partial charge in [-0.2, -0.15) is 44.3 Å². The van der Waals surface area contributed by atoms with Gasteiger partial charge in [-0.1, -0.05) is 25.0 Å². The van der Waals surface area contributed by atoms with Crippen molar-refractivity contribution < 1.29 is 39.5 Å². The van der Waals surface area contributed by atoms with Crippen molar-refractivity contribution in [3.05, 3.63) is 69.8 Å². The van der Waals surface area contributed by atoms with Gasteiger partial charge in [-0.05, 0) is 91.1 Å². The number of alkyl halides is 9. The smallest absolute Gasteiger partial charge is 0.330 e. The number of hydrogen-bond acceptors (Lipinski definition) is 6. The van der Waals surface area contributed by atoms with E-state index in [1.165, 1.54) is 18.0 Å². The lowest BCUT2D eigenvalue weighted by molar-refractivity contribution is -0.143. The van der Waals surface area contributed by atoms with Gasteiger partial charge in [0.15, 0.2) is 0 Å². The Morgan fingerprint density at radius 3 is 1.96 bits per heavy atom. The molecule has 1 fully saturated rings. The summed E-state index contributed by atoms with van der Waals surface area (Å²) in [5, 5.41) is 11.7. The Hall–Kier alpha value is -3.40. The molecule has 2 heterocycles. The molecule has 254 valence electrons. The summed E-state index contributed by atoms with van der Waals surface area (Å²) in [6.45, 7) is 5.53. The Morgan fingerprint density at radius 2 is 1.48 bits per heavy atom. The molecule has 0 aliphatic carbocycles. The second-order valence-corrected chi connectivity index (χ2v) is 12.4. The summed E-state index contributed by atoms with van der Waals surface area (Å²) < 4.78 is 124. The van der Waals surface area contributed by atoms with Gasteiger partial charge in [-0.25, -0.2) is 0 Å². The number of likely N-dealkylation sites (tertiary alicyclic amines) is 1. The highest BCUT2D eigenvalue weighted by Gasteiger charge is 2.38. The maximum atomic E-state index is 13.9. The summed E-state index contributed by atoms with van der Waals surface area (Å²) in [4.78, 5) is 6.55. The maximum absolute atomic E-state index is 13.9. The van der Waals surface area contributed by atoms with Crippen molar-refractivity contribution in [2.24, 2.45) is 12.5 Å². The lowest BCUT2D eigenvalue weighted by atomic mass is 9.87. The fraction of sp³-hybridized carbons (Fsp3) is 0.567. The summed E-state index contributed by atoms with van der Waals surface area (Å²) >= 11 is 0. The van der Waals surface area contributed by atoms with Crippen LogP contribution in [0.4, 0.5) is 45.5 Å². The van der Waals surface area contributed by atoms with E-state index in [9.17, 15) is 39.5 Å². The molecule has 0 amide bonds. The molecule has 2 aromatic carbocycles. The molecule has 4 rings (SSSR count). The highest BCUT2D eigenvalue weighted by Crippen LogP contribution is 2.39. The van der Waals surface area contributed by atoms with Crippen LogP contribution in [0.1, 0.15) is 66.1 Å². The first-order valence-corrected chi connectivity index (χ1v) is 14.5. The van der Waals surface area contributed by atoms with E-state index >= 15 is 0 Å². The maximum Gasteiger partial charge on any atom is 0.416 e. The van der Waals surface area contributed by atoms with Gasteiger partial charge in [0.2, 0.25) is 0 Å². The molecule has 1 aliphatic heterocycles. The minimum absolute atomic E-state index is 0.0175. The van der Waals surface area contributed by atoms with E-state index < -0.39 is 41.8 Å². The SMILES string of the molecule is CCC(c1ccc(C(F)(F)F)cc1CN(Cc1cc(C(F)(F)F)cc(C(F)(F)F)c1)c1nnn(C)n1)N(C)CC1(C)CCN(C)C1. The number of aryl methyl sites for hydroxylation is 1. The predicted molar refractivity (Wildman–Crippen MR) is 152 cm³/mol. The zero-order valence-electron chi connectivity index (χ0n) is 26.0. The lowest BCUT2D eigenvalue weighted by Gasteiger charge is -2.36. The molecule has 0 spiro atoms. The molecule has 7 nitrogen and oxygen atoms in total. The normalized spacial score (nSPS) is 18.8. The first kappa shape index (κ1) is 35.5. The van der Waals surface area contributed by atoms with Crippen molar-refractivity contribution in [2.75, 3.05) is 38.6 Å². The predicted octanol–water partition coefficient (Wildman–Crippen LogP) is 7.20. The number of rotatable bonds is 10. The van der Waals surface area contributed by atoms with Crippen LogP contribution in [0.15, 0.2) is 36.4 Å². The Balaban J connectivity index is 1.79. The van der Waals surface area contributed by atoms with Crippen LogP contribution < -0.4 is 4.90 Å². The number of hydrogen-bond donors (Lipinski definition) is 0. The molecule has 1 aliphatic rings. The molecule has 0 N–H and O–H groups in total. The number of anilines is 1. The number of tetrazole rings is 1. The molecule has 0 bridgehead atoms. The van der Waals surface area contributed by atoms with Crippen molar-refractivity contribution in [1.29, 1.82) is 0 Å². The molecule has 1 saturated heterocycles. The summed E-state index contributed by atoms with van der Waals surface area (Å²) in [5.41, 5.74) is -3.69. The molecule has 1 aromatic heterocycles. The Morgan fingerprint density at radius 1 is 0.870 bits per heavy atom. The largest absolute Gasteiger partial charge is 0.416 e. The summed E-state index contributed by atoms with van der Waals surface area (Å²) in [7, 11) is 5.32. The number of aromatic nitrogens is 4. The van der Waals surface area contributed by atoms with Crippen LogP contribution in [0.2, 0.25) is 0 Å². The number of benzene rings is 2. The van der Waals surface area contributed by atoms with Crippen LogP contribution in [0.25, 0.3) is 0 Å². The van der Waals surface area contributed by atoms with Crippen LogP contribution in [-0.4, -0.2) is 63.7 Å². The van der Waals surface area contributed by atoms with E-state index in [0.29, 0.717) is 30.7 Å². The summed E-state index contributed by atoms with van der Waals surface area (Å²) in [6.07, 6.45) is -13.4. The molecule has 0 saturated carbocycles. The molecular formula is C30H36F9N7. The molecule has 0 radical (unpaired) electrons. The number of nitrogens with zero attached hydrogens (tertiary/aromatic N) is 7. The van der Waals surface area contributed by atoms with E-state index in [1.54, 1.807) is 0 Å². The van der Waals surface area contributed by atoms with Gasteiger partial charge < -0.3 is 9.80 Å². The average Bonchev–Trinajstić information content (AvgIpc) is 3.51. The van der Waals surface area contributed by atoms with Crippen molar-refractivity contribution in [2.45, 2.75) is 64.3 Å². The van der Waals surface area contributed by atoms with Gasteiger partial charge in [-0.15, -0.1) is 5.10 Å². The van der Waals surface area contributed by atoms with E-state index in [-0.39, 0.29) is 41.1 Å². The van der Waals surface area contributed by atoms with Crippen molar-refractivity contribution >= 4 is 5.95 Å². The Labute approximate surface area is 260 Å². The van der Waals surface area contributed by atoms with Gasteiger partial charge in [0.25, 0.3) is 5.95 Å². The van der Waals surface area contributed by atoms with Crippen LogP contribution >= 0.6 is 0 Å². The van der Waals surface area contributed by atoms with Gasteiger partial charge in [0.1, 0.15) is 0 Å². The van der Waals surface area contributed by atoms with Crippen LogP contribution in [0.5, 0.6) is 0 Å². The van der Waals surface area contributed by atoms with E-state index in [1.807, 2.05) is 21.0 Å². The van der Waals surface area contributed by atoms with E-state index in [0.717, 1.165) is 36.4 Å². The lowest BCUT2D eigenvalue weighted by Crippen LogP contribution is -2.38. The molecule has 2 unspecified atom stereocenters. The minimum Gasteiger partial charge on any atom is -0.330 e. The van der Waals surface area contributed by atoms with E-state index in [2.05, 4.69) is 32.1 Å². The quantitative estimate of drug-likeness (QED) is 0.214. The third-order valence-corrected chi connectivity index (χ3v) is 8.29. The van der Waals surface area contributed by atoms with Crippen molar-refractivity contribution in [3.8, 4) is 0 Å². The summed E-state index contributed by atoms with van der Waals surface area (Å²) in [6, 6.07) is 4.16. The monoisotopic (exact) mass is 665 g/mol. The third kappa shape index (κ3) is 8.49. The molecule has 3 aromatic rings. The first-order chi connectivity index (χ1) is 21.2. The average molecular weight is 666 g/mol. The Kier molecular flexibility index (Phi) is 10.0. The van der Waals surface area contributed by atoms with E-state index in [4.69, 9.17) is 0 Å². The van der Waals surface area contributed by atoms with Crippen molar-refractivity contribution in [3.63, 3.8) is 0 Å². The topological polar surface area (TPSA) is 53.3 Å². The fourth-order valence-electron chi connectivity index (χ4n) is 6.26. The molecule has 16 heteroatoms. The molecule has 46 heavy (non-hydrogen) atoms. The van der Waals surface area contributed by atoms with Gasteiger partial charge in [-0.3, -0.25) is 4.90 Å². The van der Waals surface area contributed by atoms with Crippen LogP contribution in [-0.2, 0) is 38.7 Å². The highest BCUT2D eigenvalue weighted by molar-refractivity contribution is 5.42. The second-order valence-electron chi connectivity index (χ2n) is 12.4. The first-order valence-electron chi connectivity index (χ1n) is 14.5. The summed E-state index contributed by atoms with van der Waals surface area (Å²) in [5.74, 6) is -0.181. The molecular weight excluding hydrogens is 629 g/mol. The zero-order valence-corrected chi connectivity index (χ0v) is 26.0. The van der Waals surface area contributed by atoms with Gasteiger partial charge in [0, 0.05) is 32.2 Å². The fourth-order valence-corrected chi connectivity index (χ4v) is 6.26. The van der Waals surface area contributed by atoms with Crippen molar-refractivity contribution in [1.82, 2.24) is 30.0 Å². The van der Waals surface area contributed by atoms with Crippen LogP contribution in [0.3, 0.4) is 0 Å². The second kappa shape index (κ2) is 13.0. The Bertz CT molecular complexity index is 1470. The molecule has 2 atom stereocenters.